The van der Waals surface area contributed by atoms with Crippen LogP contribution in [0.4, 0.5) is 0 Å². The van der Waals surface area contributed by atoms with Crippen molar-refractivity contribution < 1.29 is 0 Å². The lowest BCUT2D eigenvalue weighted by molar-refractivity contribution is 0.737. The van der Waals surface area contributed by atoms with Crippen molar-refractivity contribution in [3.8, 4) is 0 Å². The van der Waals surface area contributed by atoms with E-state index in [1.54, 1.807) is 0 Å². The number of allylic oxidation sites excluding steroid dienone is 4. The van der Waals surface area contributed by atoms with Crippen molar-refractivity contribution in [2.45, 2.75) is 34.6 Å². The molecule has 1 rings (SSSR count). The van der Waals surface area contributed by atoms with Gasteiger partial charge < -0.3 is 0 Å². The van der Waals surface area contributed by atoms with Gasteiger partial charge in [0, 0.05) is 0 Å². The van der Waals surface area contributed by atoms with Gasteiger partial charge in [-0.3, -0.25) is 0 Å². The number of hydrogen-bond donors (Lipinski definition) is 0. The molecule has 1 unspecified atom stereocenters. The van der Waals surface area contributed by atoms with Gasteiger partial charge >= 0.3 is 0 Å². The Bertz CT molecular complexity index is 147. The van der Waals surface area contributed by atoms with Crippen molar-refractivity contribution in [2.75, 3.05) is 0 Å². The van der Waals surface area contributed by atoms with E-state index in [0.717, 1.165) is 5.92 Å². The summed E-state index contributed by atoms with van der Waals surface area (Å²) < 4.78 is 0. The predicted octanol–water partition coefficient (Wildman–Crippen LogP) is 3.80. The lowest BCUT2D eigenvalue weighted by Gasteiger charge is -1.85. The Hall–Kier alpha value is -0.520. The Morgan fingerprint density at radius 1 is 1.27 bits per heavy atom. The van der Waals surface area contributed by atoms with Crippen molar-refractivity contribution >= 4 is 0 Å². The third-order valence-electron chi connectivity index (χ3n) is 1.19. The van der Waals surface area contributed by atoms with Crippen LogP contribution in [0.5, 0.6) is 0 Å². The van der Waals surface area contributed by atoms with E-state index in [0.29, 0.717) is 5.92 Å². The minimum Gasteiger partial charge on any atom is -0.0776 e. The van der Waals surface area contributed by atoms with Crippen LogP contribution in [-0.4, -0.2) is 0 Å². The molecule has 1 atom stereocenters. The lowest BCUT2D eigenvalue weighted by atomic mass is 10.2. The largest absolute Gasteiger partial charge is 0.0776 e. The van der Waals surface area contributed by atoms with Gasteiger partial charge in [0.2, 0.25) is 0 Å². The molecular formula is C11H20. The highest BCUT2D eigenvalue weighted by atomic mass is 14.0. The maximum absolute atomic E-state index is 2.25. The zero-order chi connectivity index (χ0) is 8.85. The van der Waals surface area contributed by atoms with Gasteiger partial charge in [0.05, 0.1) is 0 Å². The van der Waals surface area contributed by atoms with Gasteiger partial charge in [-0.25, -0.2) is 0 Å². The molecule has 0 bridgehead atoms. The SMILES string of the molecule is CC(C)C.CC1=CC(C)C=C1. The van der Waals surface area contributed by atoms with Crippen LogP contribution in [-0.2, 0) is 0 Å². The smallest absolute Gasteiger partial charge is 0.00730 e. The third kappa shape index (κ3) is 7.38. The third-order valence-corrected chi connectivity index (χ3v) is 1.19. The highest BCUT2D eigenvalue weighted by molar-refractivity contribution is 5.25. The van der Waals surface area contributed by atoms with Crippen molar-refractivity contribution in [2.24, 2.45) is 11.8 Å². The zero-order valence-electron chi connectivity index (χ0n) is 8.39. The molecule has 0 aliphatic heterocycles. The first-order chi connectivity index (χ1) is 5.02. The Balaban J connectivity index is 0.000000218. The molecule has 0 aromatic carbocycles. The summed E-state index contributed by atoms with van der Waals surface area (Å²) >= 11 is 0. The summed E-state index contributed by atoms with van der Waals surface area (Å²) in [7, 11) is 0. The van der Waals surface area contributed by atoms with Crippen LogP contribution >= 0.6 is 0 Å². The van der Waals surface area contributed by atoms with Gasteiger partial charge in [0.25, 0.3) is 0 Å². The van der Waals surface area contributed by atoms with Crippen molar-refractivity contribution in [3.05, 3.63) is 23.8 Å². The molecular weight excluding hydrogens is 132 g/mol. The summed E-state index contributed by atoms with van der Waals surface area (Å²) in [5, 5.41) is 0. The first-order valence-corrected chi connectivity index (χ1v) is 4.39. The van der Waals surface area contributed by atoms with Gasteiger partial charge in [-0.1, -0.05) is 51.5 Å². The molecule has 0 aromatic heterocycles. The summed E-state index contributed by atoms with van der Waals surface area (Å²) in [6, 6.07) is 0. The molecule has 0 saturated carbocycles. The average molecular weight is 152 g/mol. The van der Waals surface area contributed by atoms with Gasteiger partial charge in [-0.2, -0.15) is 0 Å². The zero-order valence-corrected chi connectivity index (χ0v) is 8.39. The van der Waals surface area contributed by atoms with Crippen molar-refractivity contribution in [1.29, 1.82) is 0 Å². The summed E-state index contributed by atoms with van der Waals surface area (Å²) in [6.45, 7) is 10.8. The van der Waals surface area contributed by atoms with Crippen LogP contribution in [0, 0.1) is 11.8 Å². The van der Waals surface area contributed by atoms with E-state index >= 15 is 0 Å². The van der Waals surface area contributed by atoms with Crippen LogP contribution < -0.4 is 0 Å². The maximum Gasteiger partial charge on any atom is -0.00730 e. The summed E-state index contributed by atoms with van der Waals surface area (Å²) in [5.41, 5.74) is 1.40. The molecule has 0 spiro atoms. The molecule has 1 aliphatic carbocycles. The minimum absolute atomic E-state index is 0.681. The predicted molar refractivity (Wildman–Crippen MR) is 52.6 cm³/mol. The Morgan fingerprint density at radius 2 is 1.73 bits per heavy atom. The highest BCUT2D eigenvalue weighted by Crippen LogP contribution is 2.12. The fraction of sp³-hybridized carbons (Fsp3) is 0.636. The fourth-order valence-electron chi connectivity index (χ4n) is 0.829. The summed E-state index contributed by atoms with van der Waals surface area (Å²) in [6.07, 6.45) is 6.61. The van der Waals surface area contributed by atoms with Gasteiger partial charge in [-0.05, 0) is 18.8 Å². The van der Waals surface area contributed by atoms with E-state index in [4.69, 9.17) is 0 Å². The molecule has 0 heteroatoms. The highest BCUT2D eigenvalue weighted by Gasteiger charge is 1.96. The van der Waals surface area contributed by atoms with Gasteiger partial charge in [-0.15, -0.1) is 0 Å². The Kier molecular flexibility index (Phi) is 4.93. The van der Waals surface area contributed by atoms with Gasteiger partial charge in [0.1, 0.15) is 0 Å². The van der Waals surface area contributed by atoms with Crippen LogP contribution in [0.25, 0.3) is 0 Å². The molecule has 0 saturated heterocycles. The van der Waals surface area contributed by atoms with Crippen LogP contribution in [0.1, 0.15) is 34.6 Å². The molecule has 64 valence electrons. The molecule has 1 aliphatic rings. The number of rotatable bonds is 0. The monoisotopic (exact) mass is 152 g/mol. The van der Waals surface area contributed by atoms with Crippen molar-refractivity contribution in [3.63, 3.8) is 0 Å². The standard InChI is InChI=1S/C7H10.C4H10/c1-6-3-4-7(2)5-6;1-4(2)3/h3-6H,1-2H3;4H,1-3H3. The molecule has 0 aromatic rings. The second-order valence-electron chi connectivity index (χ2n) is 3.86. The molecule has 0 amide bonds. The Morgan fingerprint density at radius 3 is 1.82 bits per heavy atom. The second-order valence-corrected chi connectivity index (χ2v) is 3.86. The molecule has 0 N–H and O–H groups in total. The number of hydrogen-bond acceptors (Lipinski definition) is 0. The first kappa shape index (κ1) is 10.5. The summed E-state index contributed by atoms with van der Waals surface area (Å²) in [4.78, 5) is 0. The molecule has 0 radical (unpaired) electrons. The van der Waals surface area contributed by atoms with E-state index in [-0.39, 0.29) is 0 Å². The topological polar surface area (TPSA) is 0 Å². The van der Waals surface area contributed by atoms with Crippen molar-refractivity contribution in [1.82, 2.24) is 0 Å². The van der Waals surface area contributed by atoms with E-state index < -0.39 is 0 Å². The van der Waals surface area contributed by atoms with Crippen LogP contribution in [0.3, 0.4) is 0 Å². The second kappa shape index (κ2) is 5.17. The molecule has 0 fully saturated rings. The maximum atomic E-state index is 2.25. The lowest BCUT2D eigenvalue weighted by Crippen LogP contribution is -1.73. The van der Waals surface area contributed by atoms with Crippen LogP contribution in [0.15, 0.2) is 23.8 Å². The molecule has 0 nitrogen and oxygen atoms in total. The van der Waals surface area contributed by atoms with Crippen LogP contribution in [0.2, 0.25) is 0 Å². The minimum atomic E-state index is 0.681. The quantitative estimate of drug-likeness (QED) is 0.495. The van der Waals surface area contributed by atoms with E-state index in [1.807, 2.05) is 0 Å². The van der Waals surface area contributed by atoms with E-state index in [1.165, 1.54) is 5.57 Å². The average Bonchev–Trinajstić information content (AvgIpc) is 2.13. The molecule has 0 heterocycles. The van der Waals surface area contributed by atoms with Gasteiger partial charge in [0.15, 0.2) is 0 Å². The fourth-order valence-corrected chi connectivity index (χ4v) is 0.829. The first-order valence-electron chi connectivity index (χ1n) is 4.39. The summed E-state index contributed by atoms with van der Waals surface area (Å²) in [5.74, 6) is 1.51. The van der Waals surface area contributed by atoms with E-state index in [9.17, 15) is 0 Å². The molecule has 11 heavy (non-hydrogen) atoms. The van der Waals surface area contributed by atoms with E-state index in [2.05, 4.69) is 52.8 Å². The Labute approximate surface area is 71.0 Å². The normalized spacial score (nSPS) is 21.3.